The molecular weight excluding hydrogens is 508 g/mol. The molecule has 37 heavy (non-hydrogen) atoms. The molecule has 0 aliphatic rings. The van der Waals surface area contributed by atoms with Crippen LogP contribution in [-0.2, 0) is 10.0 Å². The van der Waals surface area contributed by atoms with Gasteiger partial charge in [0, 0.05) is 25.2 Å². The van der Waals surface area contributed by atoms with Crippen molar-refractivity contribution < 1.29 is 17.9 Å². The lowest BCUT2D eigenvalue weighted by molar-refractivity contribution is 0.0986. The van der Waals surface area contributed by atoms with E-state index in [0.29, 0.717) is 23.0 Å². The number of aryl methyl sites for hydroxylation is 1. The van der Waals surface area contributed by atoms with Crippen LogP contribution in [-0.4, -0.2) is 75.9 Å². The second-order valence-corrected chi connectivity index (χ2v) is 11.7. The van der Waals surface area contributed by atoms with Gasteiger partial charge in [0.25, 0.3) is 5.91 Å². The summed E-state index contributed by atoms with van der Waals surface area (Å²) < 4.78 is 33.8. The summed E-state index contributed by atoms with van der Waals surface area (Å²) in [6.45, 7) is 10.9. The molecule has 0 aliphatic heterocycles. The number of hydrogen-bond donors (Lipinski definition) is 0. The van der Waals surface area contributed by atoms with Gasteiger partial charge in [-0.15, -0.1) is 13.2 Å². The van der Waals surface area contributed by atoms with Crippen molar-refractivity contribution in [1.82, 2.24) is 14.2 Å². The molecule has 3 rings (SSSR count). The molecule has 10 heteroatoms. The Balaban J connectivity index is 1.97. The van der Waals surface area contributed by atoms with E-state index < -0.39 is 10.0 Å². The number of benzene rings is 2. The average Bonchev–Trinajstić information content (AvgIpc) is 3.32. The van der Waals surface area contributed by atoms with E-state index in [1.54, 1.807) is 24.1 Å². The minimum atomic E-state index is -3.76. The van der Waals surface area contributed by atoms with Crippen LogP contribution in [0.15, 0.2) is 66.6 Å². The molecule has 1 amide bonds. The van der Waals surface area contributed by atoms with E-state index in [1.165, 1.54) is 39.9 Å². The third-order valence-corrected chi connectivity index (χ3v) is 8.84. The fourth-order valence-corrected chi connectivity index (χ4v) is 6.30. The molecule has 2 aromatic carbocycles. The van der Waals surface area contributed by atoms with Crippen molar-refractivity contribution in [3.8, 4) is 5.75 Å². The highest BCUT2D eigenvalue weighted by molar-refractivity contribution is 7.89. The van der Waals surface area contributed by atoms with E-state index in [9.17, 15) is 13.2 Å². The van der Waals surface area contributed by atoms with Gasteiger partial charge in [-0.25, -0.2) is 13.4 Å². The summed E-state index contributed by atoms with van der Waals surface area (Å²) in [6, 6.07) is 9.88. The van der Waals surface area contributed by atoms with Crippen LogP contribution in [0.4, 0.5) is 5.13 Å². The van der Waals surface area contributed by atoms with Crippen molar-refractivity contribution in [2.45, 2.75) is 18.2 Å². The Bertz CT molecular complexity index is 1360. The first kappa shape index (κ1) is 28.5. The molecule has 3 aromatic rings. The van der Waals surface area contributed by atoms with Crippen molar-refractivity contribution in [2.75, 3.05) is 52.3 Å². The molecule has 0 bridgehead atoms. The van der Waals surface area contributed by atoms with Gasteiger partial charge in [0.2, 0.25) is 10.0 Å². The second kappa shape index (κ2) is 12.5. The number of sulfonamides is 1. The van der Waals surface area contributed by atoms with Crippen LogP contribution in [0.2, 0.25) is 0 Å². The SMILES string of the molecule is C=CCN(CC=C)S(=O)(=O)c1ccc(C(=O)N(CCCN(C)C)c2nc3c(OC)ccc(C)c3s2)cc1. The second-order valence-electron chi connectivity index (χ2n) is 8.80. The molecule has 0 aliphatic carbocycles. The highest BCUT2D eigenvalue weighted by Gasteiger charge is 2.25. The van der Waals surface area contributed by atoms with Crippen molar-refractivity contribution >= 4 is 42.6 Å². The minimum Gasteiger partial charge on any atom is -0.494 e. The number of nitrogens with zero attached hydrogens (tertiary/aromatic N) is 4. The van der Waals surface area contributed by atoms with Crippen molar-refractivity contribution in [2.24, 2.45) is 0 Å². The smallest absolute Gasteiger partial charge is 0.260 e. The number of hydrogen-bond acceptors (Lipinski definition) is 7. The van der Waals surface area contributed by atoms with Crippen molar-refractivity contribution in [3.63, 3.8) is 0 Å². The Hall–Kier alpha value is -3.05. The minimum absolute atomic E-state index is 0.104. The van der Waals surface area contributed by atoms with Gasteiger partial charge in [0.1, 0.15) is 11.3 Å². The van der Waals surface area contributed by atoms with Crippen LogP contribution in [0.3, 0.4) is 0 Å². The summed E-state index contributed by atoms with van der Waals surface area (Å²) >= 11 is 1.44. The number of amides is 1. The standard InChI is InChI=1S/C27H34N4O4S2/c1-7-16-30(17-8-2)37(33,34)22-13-11-21(12-14-22)26(32)31(19-9-18-29(4)5)27-28-24-23(35-6)15-10-20(3)25(24)36-27/h7-8,10-15H,1-2,9,16-19H2,3-6H3. The van der Waals surface area contributed by atoms with Gasteiger partial charge in [0.15, 0.2) is 5.13 Å². The van der Waals surface area contributed by atoms with Gasteiger partial charge in [0.05, 0.1) is 16.7 Å². The lowest BCUT2D eigenvalue weighted by Crippen LogP contribution is -2.33. The van der Waals surface area contributed by atoms with Crippen LogP contribution in [0.1, 0.15) is 22.3 Å². The monoisotopic (exact) mass is 542 g/mol. The van der Waals surface area contributed by atoms with Crippen molar-refractivity contribution in [3.05, 3.63) is 72.8 Å². The van der Waals surface area contributed by atoms with Gasteiger partial charge in [-0.2, -0.15) is 4.31 Å². The third-order valence-electron chi connectivity index (χ3n) is 5.78. The first-order valence-electron chi connectivity index (χ1n) is 11.9. The molecule has 1 heterocycles. The van der Waals surface area contributed by atoms with E-state index in [4.69, 9.17) is 9.72 Å². The number of carbonyl (C=O) groups excluding carboxylic acids is 1. The molecule has 8 nitrogen and oxygen atoms in total. The highest BCUT2D eigenvalue weighted by Crippen LogP contribution is 2.37. The number of anilines is 1. The summed E-state index contributed by atoms with van der Waals surface area (Å²) in [5, 5.41) is 0.575. The molecule has 0 radical (unpaired) electrons. The zero-order chi connectivity index (χ0) is 27.2. The summed E-state index contributed by atoms with van der Waals surface area (Å²) in [6.07, 6.45) is 3.80. The topological polar surface area (TPSA) is 83.1 Å². The molecular formula is C27H34N4O4S2. The Labute approximate surface area is 223 Å². The van der Waals surface area contributed by atoms with Gasteiger partial charge in [-0.1, -0.05) is 29.6 Å². The Morgan fingerprint density at radius 3 is 2.27 bits per heavy atom. The fraction of sp³-hybridized carbons (Fsp3) is 0.333. The molecule has 0 spiro atoms. The number of thiazole rings is 1. The number of ether oxygens (including phenoxy) is 1. The van der Waals surface area contributed by atoms with Crippen LogP contribution >= 0.6 is 11.3 Å². The van der Waals surface area contributed by atoms with Gasteiger partial charge in [-0.3, -0.25) is 9.69 Å². The molecule has 0 saturated heterocycles. The number of fused-ring (bicyclic) bond motifs is 1. The quantitative estimate of drug-likeness (QED) is 0.294. The van der Waals surface area contributed by atoms with E-state index >= 15 is 0 Å². The predicted octanol–water partition coefficient (Wildman–Crippen LogP) is 4.57. The van der Waals surface area contributed by atoms with Crippen LogP contribution in [0.5, 0.6) is 5.75 Å². The molecule has 0 atom stereocenters. The maximum absolute atomic E-state index is 13.7. The highest BCUT2D eigenvalue weighted by atomic mass is 32.2. The van der Waals surface area contributed by atoms with E-state index in [2.05, 4.69) is 18.1 Å². The Morgan fingerprint density at radius 1 is 1.05 bits per heavy atom. The average molecular weight is 543 g/mol. The first-order valence-corrected chi connectivity index (χ1v) is 14.1. The van der Waals surface area contributed by atoms with Crippen LogP contribution in [0, 0.1) is 6.92 Å². The summed E-state index contributed by atoms with van der Waals surface area (Å²) in [4.78, 5) is 22.3. The number of methoxy groups -OCH3 is 1. The van der Waals surface area contributed by atoms with Gasteiger partial charge >= 0.3 is 0 Å². The normalized spacial score (nSPS) is 11.7. The fourth-order valence-electron chi connectivity index (χ4n) is 3.84. The maximum atomic E-state index is 13.7. The number of aromatic nitrogens is 1. The summed E-state index contributed by atoms with van der Waals surface area (Å²) in [7, 11) is 1.81. The zero-order valence-electron chi connectivity index (χ0n) is 21.8. The zero-order valence-corrected chi connectivity index (χ0v) is 23.4. The van der Waals surface area contributed by atoms with Gasteiger partial charge in [-0.05, 0) is 69.9 Å². The maximum Gasteiger partial charge on any atom is 0.260 e. The molecule has 0 fully saturated rings. The third kappa shape index (κ3) is 6.45. The summed E-state index contributed by atoms with van der Waals surface area (Å²) in [5.41, 5.74) is 2.16. The largest absolute Gasteiger partial charge is 0.494 e. The Morgan fingerprint density at radius 2 is 1.70 bits per heavy atom. The number of carbonyl (C=O) groups is 1. The lowest BCUT2D eigenvalue weighted by Gasteiger charge is -2.22. The predicted molar refractivity (Wildman–Crippen MR) is 151 cm³/mol. The first-order chi connectivity index (χ1) is 17.6. The Kier molecular flexibility index (Phi) is 9.61. The molecule has 0 N–H and O–H groups in total. The molecule has 198 valence electrons. The van der Waals surface area contributed by atoms with Crippen LogP contribution in [0.25, 0.3) is 10.2 Å². The van der Waals surface area contributed by atoms with Crippen molar-refractivity contribution in [1.29, 1.82) is 0 Å². The van der Waals surface area contributed by atoms with E-state index in [-0.39, 0.29) is 23.9 Å². The van der Waals surface area contributed by atoms with Crippen LogP contribution < -0.4 is 9.64 Å². The molecule has 1 aromatic heterocycles. The van der Waals surface area contributed by atoms with E-state index in [0.717, 1.165) is 28.7 Å². The lowest BCUT2D eigenvalue weighted by atomic mass is 10.2. The van der Waals surface area contributed by atoms with E-state index in [1.807, 2.05) is 33.2 Å². The molecule has 0 saturated carbocycles. The summed E-state index contributed by atoms with van der Waals surface area (Å²) in [5.74, 6) is 0.411. The van der Waals surface area contributed by atoms with Gasteiger partial charge < -0.3 is 9.64 Å². The molecule has 0 unspecified atom stereocenters. The number of rotatable bonds is 13.